The highest BCUT2D eigenvalue weighted by Crippen LogP contribution is 2.26. The molecule has 0 atom stereocenters. The molecule has 4 rings (SSSR count). The standard InChI is InChI=1S/C15H12N4S/c16-15-18-13-7-17-12-4-2-1-3-11(12)14(13)19(15)8-10-5-6-20-9-10/h1-7,9H,8H2,(H2,16,18). The van der Waals surface area contributed by atoms with Gasteiger partial charge in [-0.2, -0.15) is 11.3 Å². The number of hydrogen-bond acceptors (Lipinski definition) is 4. The molecular weight excluding hydrogens is 268 g/mol. The van der Waals surface area contributed by atoms with E-state index < -0.39 is 0 Å². The molecule has 0 amide bonds. The van der Waals surface area contributed by atoms with Crippen molar-refractivity contribution in [2.45, 2.75) is 6.54 Å². The van der Waals surface area contributed by atoms with Crippen LogP contribution in [0.2, 0.25) is 0 Å². The maximum absolute atomic E-state index is 6.09. The number of hydrogen-bond donors (Lipinski definition) is 1. The fourth-order valence-electron chi connectivity index (χ4n) is 2.51. The average Bonchev–Trinajstić information content (AvgIpc) is 3.08. The van der Waals surface area contributed by atoms with E-state index in [0.717, 1.165) is 28.5 Å². The number of aromatic nitrogens is 3. The van der Waals surface area contributed by atoms with Gasteiger partial charge in [-0.1, -0.05) is 18.2 Å². The van der Waals surface area contributed by atoms with Gasteiger partial charge in [-0.3, -0.25) is 4.98 Å². The Hall–Kier alpha value is -2.40. The van der Waals surface area contributed by atoms with Crippen molar-refractivity contribution < 1.29 is 0 Å². The summed E-state index contributed by atoms with van der Waals surface area (Å²) >= 11 is 1.69. The van der Waals surface area contributed by atoms with Crippen LogP contribution in [0.1, 0.15) is 5.56 Å². The van der Waals surface area contributed by atoms with Crippen LogP contribution in [0.4, 0.5) is 5.95 Å². The van der Waals surface area contributed by atoms with Crippen molar-refractivity contribution in [2.75, 3.05) is 5.73 Å². The Balaban J connectivity index is 2.03. The summed E-state index contributed by atoms with van der Waals surface area (Å²) in [6.07, 6.45) is 1.79. The van der Waals surface area contributed by atoms with Crippen LogP contribution in [-0.4, -0.2) is 14.5 Å². The van der Waals surface area contributed by atoms with Gasteiger partial charge in [0.1, 0.15) is 5.52 Å². The number of nitrogens with two attached hydrogens (primary N) is 1. The van der Waals surface area contributed by atoms with E-state index in [0.29, 0.717) is 5.95 Å². The van der Waals surface area contributed by atoms with Gasteiger partial charge in [0, 0.05) is 5.39 Å². The van der Waals surface area contributed by atoms with Gasteiger partial charge in [0.2, 0.25) is 5.95 Å². The lowest BCUT2D eigenvalue weighted by molar-refractivity contribution is 0.844. The molecule has 0 saturated heterocycles. The molecular formula is C15H12N4S. The molecule has 0 aliphatic carbocycles. The number of nitrogens with zero attached hydrogens (tertiary/aromatic N) is 3. The second kappa shape index (κ2) is 4.31. The number of rotatable bonds is 2. The molecule has 0 unspecified atom stereocenters. The zero-order chi connectivity index (χ0) is 13.5. The van der Waals surface area contributed by atoms with Gasteiger partial charge in [0.25, 0.3) is 0 Å². The summed E-state index contributed by atoms with van der Waals surface area (Å²) in [5, 5.41) is 5.29. The molecule has 3 aromatic heterocycles. The predicted octanol–water partition coefficient (Wildman–Crippen LogP) is 3.28. The summed E-state index contributed by atoms with van der Waals surface area (Å²) in [7, 11) is 0. The van der Waals surface area contributed by atoms with Crippen molar-refractivity contribution in [2.24, 2.45) is 0 Å². The van der Waals surface area contributed by atoms with E-state index in [2.05, 4.69) is 37.4 Å². The molecule has 0 bridgehead atoms. The van der Waals surface area contributed by atoms with Crippen LogP contribution in [0, 0.1) is 0 Å². The van der Waals surface area contributed by atoms with Crippen LogP contribution in [0.5, 0.6) is 0 Å². The van der Waals surface area contributed by atoms with Crippen molar-refractivity contribution in [3.63, 3.8) is 0 Å². The van der Waals surface area contributed by atoms with Gasteiger partial charge in [-0.15, -0.1) is 0 Å². The van der Waals surface area contributed by atoms with Gasteiger partial charge in [0.15, 0.2) is 0 Å². The first-order valence-electron chi connectivity index (χ1n) is 6.33. The summed E-state index contributed by atoms with van der Waals surface area (Å²) in [6, 6.07) is 10.2. The second-order valence-electron chi connectivity index (χ2n) is 4.70. The Morgan fingerprint density at radius 3 is 2.90 bits per heavy atom. The normalized spacial score (nSPS) is 11.4. The van der Waals surface area contributed by atoms with Gasteiger partial charge < -0.3 is 10.3 Å². The molecule has 4 nitrogen and oxygen atoms in total. The van der Waals surface area contributed by atoms with Crippen molar-refractivity contribution in [3.05, 3.63) is 52.9 Å². The molecule has 4 aromatic rings. The highest BCUT2D eigenvalue weighted by atomic mass is 32.1. The molecule has 5 heteroatoms. The van der Waals surface area contributed by atoms with Gasteiger partial charge in [0.05, 0.1) is 23.8 Å². The minimum absolute atomic E-state index is 0.532. The Labute approximate surface area is 119 Å². The van der Waals surface area contributed by atoms with Crippen molar-refractivity contribution in [3.8, 4) is 0 Å². The zero-order valence-corrected chi connectivity index (χ0v) is 11.5. The Morgan fingerprint density at radius 1 is 1.15 bits per heavy atom. The summed E-state index contributed by atoms with van der Waals surface area (Å²) in [5.74, 6) is 0.532. The third-order valence-corrected chi connectivity index (χ3v) is 4.16. The number of fused-ring (bicyclic) bond motifs is 3. The Morgan fingerprint density at radius 2 is 2.05 bits per heavy atom. The molecule has 1 aromatic carbocycles. The third kappa shape index (κ3) is 1.67. The molecule has 98 valence electrons. The molecule has 3 heterocycles. The quantitative estimate of drug-likeness (QED) is 0.613. The van der Waals surface area contributed by atoms with E-state index in [1.807, 2.05) is 18.2 Å². The van der Waals surface area contributed by atoms with Crippen LogP contribution in [0.3, 0.4) is 0 Å². The van der Waals surface area contributed by atoms with Gasteiger partial charge in [-0.25, -0.2) is 4.98 Å². The lowest BCUT2D eigenvalue weighted by Crippen LogP contribution is -2.04. The summed E-state index contributed by atoms with van der Waals surface area (Å²) < 4.78 is 2.06. The van der Waals surface area contributed by atoms with Crippen molar-refractivity contribution >= 4 is 39.2 Å². The zero-order valence-electron chi connectivity index (χ0n) is 10.7. The summed E-state index contributed by atoms with van der Waals surface area (Å²) in [4.78, 5) is 8.86. The largest absolute Gasteiger partial charge is 0.369 e. The molecule has 0 saturated carbocycles. The third-order valence-electron chi connectivity index (χ3n) is 3.43. The first-order chi connectivity index (χ1) is 9.83. The first-order valence-corrected chi connectivity index (χ1v) is 7.28. The van der Waals surface area contributed by atoms with E-state index in [4.69, 9.17) is 5.73 Å². The fourth-order valence-corrected chi connectivity index (χ4v) is 3.17. The minimum atomic E-state index is 0.532. The molecule has 0 fully saturated rings. The number of para-hydroxylation sites is 1. The molecule has 0 radical (unpaired) electrons. The topological polar surface area (TPSA) is 56.7 Å². The van der Waals surface area contributed by atoms with Crippen molar-refractivity contribution in [1.29, 1.82) is 0 Å². The van der Waals surface area contributed by atoms with E-state index in [1.54, 1.807) is 17.5 Å². The Kier molecular flexibility index (Phi) is 2.47. The number of benzene rings is 1. The van der Waals surface area contributed by atoms with Gasteiger partial charge >= 0.3 is 0 Å². The summed E-state index contributed by atoms with van der Waals surface area (Å²) in [6.45, 7) is 0.736. The lowest BCUT2D eigenvalue weighted by Gasteiger charge is -2.06. The smallest absolute Gasteiger partial charge is 0.201 e. The van der Waals surface area contributed by atoms with Crippen LogP contribution in [0.25, 0.3) is 21.9 Å². The van der Waals surface area contributed by atoms with Crippen LogP contribution in [0.15, 0.2) is 47.3 Å². The number of nitrogen functional groups attached to an aromatic ring is 1. The molecule has 0 aliphatic rings. The molecule has 0 spiro atoms. The van der Waals surface area contributed by atoms with Crippen LogP contribution >= 0.6 is 11.3 Å². The number of thiophene rings is 1. The number of imidazole rings is 1. The van der Waals surface area contributed by atoms with Crippen LogP contribution < -0.4 is 5.73 Å². The van der Waals surface area contributed by atoms with E-state index in [-0.39, 0.29) is 0 Å². The van der Waals surface area contributed by atoms with E-state index >= 15 is 0 Å². The monoisotopic (exact) mass is 280 g/mol. The fraction of sp³-hybridized carbons (Fsp3) is 0.0667. The first kappa shape index (κ1) is 11.4. The SMILES string of the molecule is Nc1nc2cnc3ccccc3c2n1Cc1ccsc1. The highest BCUT2D eigenvalue weighted by molar-refractivity contribution is 7.07. The van der Waals surface area contributed by atoms with Gasteiger partial charge in [-0.05, 0) is 28.5 Å². The maximum atomic E-state index is 6.09. The number of pyridine rings is 1. The molecule has 20 heavy (non-hydrogen) atoms. The lowest BCUT2D eigenvalue weighted by atomic mass is 10.2. The van der Waals surface area contributed by atoms with Crippen molar-refractivity contribution in [1.82, 2.24) is 14.5 Å². The molecule has 2 N–H and O–H groups in total. The number of anilines is 1. The Bertz CT molecular complexity index is 893. The van der Waals surface area contributed by atoms with E-state index in [1.165, 1.54) is 5.56 Å². The second-order valence-corrected chi connectivity index (χ2v) is 5.48. The maximum Gasteiger partial charge on any atom is 0.201 e. The minimum Gasteiger partial charge on any atom is -0.369 e. The molecule has 0 aliphatic heterocycles. The predicted molar refractivity (Wildman–Crippen MR) is 82.9 cm³/mol. The average molecular weight is 280 g/mol. The van der Waals surface area contributed by atoms with E-state index in [9.17, 15) is 0 Å². The summed E-state index contributed by atoms with van der Waals surface area (Å²) in [5.41, 5.74) is 10.2. The van der Waals surface area contributed by atoms with Crippen LogP contribution in [-0.2, 0) is 6.54 Å². The highest BCUT2D eigenvalue weighted by Gasteiger charge is 2.12.